The summed E-state index contributed by atoms with van der Waals surface area (Å²) in [5.41, 5.74) is 0. The van der Waals surface area contributed by atoms with Crippen LogP contribution < -0.4 is 5.32 Å². The van der Waals surface area contributed by atoms with Gasteiger partial charge in [-0.3, -0.25) is 0 Å². The molecule has 0 aromatic carbocycles. The van der Waals surface area contributed by atoms with Crippen molar-refractivity contribution in [1.29, 1.82) is 0 Å². The minimum Gasteiger partial charge on any atom is -0.315 e. The maximum atomic E-state index is 3.66. The van der Waals surface area contributed by atoms with Gasteiger partial charge in [-0.15, -0.1) is 0 Å². The summed E-state index contributed by atoms with van der Waals surface area (Å²) in [6, 6.07) is 0. The molecule has 0 aromatic rings. The maximum absolute atomic E-state index is 3.66. The number of rotatable bonds is 5. The lowest BCUT2D eigenvalue weighted by atomic mass is 9.97. The van der Waals surface area contributed by atoms with E-state index in [0.717, 1.165) is 5.92 Å². The van der Waals surface area contributed by atoms with Crippen LogP contribution in [0.25, 0.3) is 0 Å². The van der Waals surface area contributed by atoms with E-state index in [0.29, 0.717) is 0 Å². The summed E-state index contributed by atoms with van der Waals surface area (Å²) < 4.78 is 0. The molecule has 2 aliphatic rings. The van der Waals surface area contributed by atoms with Crippen molar-refractivity contribution in [1.82, 2.24) is 15.1 Å². The second kappa shape index (κ2) is 7.34. The summed E-state index contributed by atoms with van der Waals surface area (Å²) in [6.07, 6.45) is 7.03. The van der Waals surface area contributed by atoms with Gasteiger partial charge in [-0.2, -0.15) is 0 Å². The molecule has 3 heteroatoms. The average Bonchev–Trinajstić information content (AvgIpc) is 2.38. The van der Waals surface area contributed by atoms with Crippen LogP contribution in [0.15, 0.2) is 0 Å². The molecule has 0 atom stereocenters. The first-order valence-corrected chi connectivity index (χ1v) is 7.46. The Morgan fingerprint density at radius 1 is 1.00 bits per heavy atom. The Morgan fingerprint density at radius 3 is 2.41 bits per heavy atom. The molecule has 0 bridgehead atoms. The van der Waals surface area contributed by atoms with Crippen molar-refractivity contribution in [2.24, 2.45) is 5.92 Å². The van der Waals surface area contributed by atoms with Crippen molar-refractivity contribution < 1.29 is 0 Å². The second-order valence-electron chi connectivity index (χ2n) is 5.85. The number of likely N-dealkylation sites (tertiary alicyclic amines) is 2. The van der Waals surface area contributed by atoms with Gasteiger partial charge in [0.2, 0.25) is 0 Å². The van der Waals surface area contributed by atoms with Crippen molar-refractivity contribution in [3.63, 3.8) is 0 Å². The van der Waals surface area contributed by atoms with Gasteiger partial charge in [0.15, 0.2) is 0 Å². The molecule has 0 aliphatic carbocycles. The molecule has 2 heterocycles. The summed E-state index contributed by atoms with van der Waals surface area (Å²) in [6.45, 7) is 8.92. The topological polar surface area (TPSA) is 18.5 Å². The maximum Gasteiger partial charge on any atom is 0.0107 e. The Kier molecular flexibility index (Phi) is 5.75. The lowest BCUT2D eigenvalue weighted by molar-refractivity contribution is 0.206. The molecule has 2 aliphatic heterocycles. The Morgan fingerprint density at radius 2 is 1.71 bits per heavy atom. The monoisotopic (exact) mass is 239 g/mol. The van der Waals surface area contributed by atoms with Gasteiger partial charge in [0.05, 0.1) is 0 Å². The first kappa shape index (κ1) is 13.3. The van der Waals surface area contributed by atoms with E-state index in [2.05, 4.69) is 22.2 Å². The van der Waals surface area contributed by atoms with Gasteiger partial charge in [-0.25, -0.2) is 0 Å². The Labute approximate surface area is 107 Å². The zero-order chi connectivity index (χ0) is 11.9. The average molecular weight is 239 g/mol. The third kappa shape index (κ3) is 4.94. The van der Waals surface area contributed by atoms with E-state index < -0.39 is 0 Å². The van der Waals surface area contributed by atoms with E-state index in [9.17, 15) is 0 Å². The van der Waals surface area contributed by atoms with Gasteiger partial charge in [0.1, 0.15) is 0 Å². The summed E-state index contributed by atoms with van der Waals surface area (Å²) in [5, 5.41) is 3.66. The van der Waals surface area contributed by atoms with Crippen LogP contribution in [0, 0.1) is 5.92 Å². The van der Waals surface area contributed by atoms with Crippen LogP contribution in [-0.2, 0) is 0 Å². The standard InChI is InChI=1S/C14H29N3/c1-16-10-5-14(6-11-16)13-15-7-12-17-8-3-2-4-9-17/h14-15H,2-13H2,1H3. The zero-order valence-electron chi connectivity index (χ0n) is 11.5. The third-order valence-corrected chi connectivity index (χ3v) is 4.32. The van der Waals surface area contributed by atoms with Crippen LogP contribution in [0.5, 0.6) is 0 Å². The third-order valence-electron chi connectivity index (χ3n) is 4.32. The van der Waals surface area contributed by atoms with Crippen LogP contribution in [-0.4, -0.2) is 62.7 Å². The first-order chi connectivity index (χ1) is 8.34. The van der Waals surface area contributed by atoms with Gasteiger partial charge in [-0.1, -0.05) is 6.42 Å². The van der Waals surface area contributed by atoms with Crippen molar-refractivity contribution in [3.8, 4) is 0 Å². The molecule has 17 heavy (non-hydrogen) atoms. The van der Waals surface area contributed by atoms with Crippen molar-refractivity contribution in [3.05, 3.63) is 0 Å². The van der Waals surface area contributed by atoms with Gasteiger partial charge in [0, 0.05) is 13.1 Å². The molecule has 2 rings (SSSR count). The molecule has 0 saturated carbocycles. The number of nitrogens with one attached hydrogen (secondary N) is 1. The number of nitrogens with zero attached hydrogens (tertiary/aromatic N) is 2. The molecule has 3 nitrogen and oxygen atoms in total. The van der Waals surface area contributed by atoms with E-state index in [1.54, 1.807) is 0 Å². The summed E-state index contributed by atoms with van der Waals surface area (Å²) >= 11 is 0. The first-order valence-electron chi connectivity index (χ1n) is 7.46. The fourth-order valence-corrected chi connectivity index (χ4v) is 2.99. The molecular formula is C14H29N3. The van der Waals surface area contributed by atoms with E-state index in [1.165, 1.54) is 77.9 Å². The number of hydrogen-bond donors (Lipinski definition) is 1. The lowest BCUT2D eigenvalue weighted by Gasteiger charge is -2.30. The zero-order valence-corrected chi connectivity index (χ0v) is 11.5. The van der Waals surface area contributed by atoms with Crippen LogP contribution in [0.4, 0.5) is 0 Å². The van der Waals surface area contributed by atoms with E-state index in [-0.39, 0.29) is 0 Å². The predicted octanol–water partition coefficient (Wildman–Crippen LogP) is 1.40. The molecular weight excluding hydrogens is 210 g/mol. The Bertz CT molecular complexity index is 194. The summed E-state index contributed by atoms with van der Waals surface area (Å²) in [5.74, 6) is 0.924. The highest BCUT2D eigenvalue weighted by Gasteiger charge is 2.16. The van der Waals surface area contributed by atoms with Crippen LogP contribution in [0.1, 0.15) is 32.1 Å². The largest absolute Gasteiger partial charge is 0.315 e. The molecule has 2 fully saturated rings. The molecule has 0 aromatic heterocycles. The van der Waals surface area contributed by atoms with E-state index in [1.807, 2.05) is 0 Å². The highest BCUT2D eigenvalue weighted by atomic mass is 15.1. The number of piperidine rings is 2. The van der Waals surface area contributed by atoms with E-state index in [4.69, 9.17) is 0 Å². The quantitative estimate of drug-likeness (QED) is 0.732. The van der Waals surface area contributed by atoms with Crippen molar-refractivity contribution in [2.45, 2.75) is 32.1 Å². The molecule has 0 spiro atoms. The van der Waals surface area contributed by atoms with E-state index >= 15 is 0 Å². The highest BCUT2D eigenvalue weighted by Crippen LogP contribution is 2.14. The molecule has 1 N–H and O–H groups in total. The molecule has 100 valence electrons. The SMILES string of the molecule is CN1CCC(CNCCN2CCCCC2)CC1. The van der Waals surface area contributed by atoms with Crippen LogP contribution in [0.2, 0.25) is 0 Å². The summed E-state index contributed by atoms with van der Waals surface area (Å²) in [4.78, 5) is 5.06. The van der Waals surface area contributed by atoms with Gasteiger partial charge >= 0.3 is 0 Å². The number of hydrogen-bond acceptors (Lipinski definition) is 3. The summed E-state index contributed by atoms with van der Waals surface area (Å²) in [7, 11) is 2.24. The minimum absolute atomic E-state index is 0.924. The Hall–Kier alpha value is -0.120. The second-order valence-corrected chi connectivity index (χ2v) is 5.85. The van der Waals surface area contributed by atoms with Crippen molar-refractivity contribution in [2.75, 3.05) is 52.9 Å². The van der Waals surface area contributed by atoms with Crippen LogP contribution >= 0.6 is 0 Å². The fourth-order valence-electron chi connectivity index (χ4n) is 2.99. The molecule has 0 amide bonds. The lowest BCUT2D eigenvalue weighted by Crippen LogP contribution is -2.39. The Balaban J connectivity index is 1.48. The molecule has 0 radical (unpaired) electrons. The van der Waals surface area contributed by atoms with Gasteiger partial charge in [0.25, 0.3) is 0 Å². The molecule has 0 unspecified atom stereocenters. The minimum atomic E-state index is 0.924. The fraction of sp³-hybridized carbons (Fsp3) is 1.00. The normalized spacial score (nSPS) is 25.2. The predicted molar refractivity (Wildman–Crippen MR) is 73.4 cm³/mol. The van der Waals surface area contributed by atoms with Gasteiger partial charge < -0.3 is 15.1 Å². The van der Waals surface area contributed by atoms with Crippen LogP contribution in [0.3, 0.4) is 0 Å². The molecule has 2 saturated heterocycles. The highest BCUT2D eigenvalue weighted by molar-refractivity contribution is 4.72. The smallest absolute Gasteiger partial charge is 0.0107 e. The van der Waals surface area contributed by atoms with Crippen molar-refractivity contribution >= 4 is 0 Å². The van der Waals surface area contributed by atoms with Gasteiger partial charge in [-0.05, 0) is 71.4 Å².